The summed E-state index contributed by atoms with van der Waals surface area (Å²) < 4.78 is 28.8. The molecule has 7 heteroatoms. The second-order valence-corrected chi connectivity index (χ2v) is 8.58. The number of para-hydroxylation sites is 1. The van der Waals surface area contributed by atoms with E-state index in [0.29, 0.717) is 12.2 Å². The van der Waals surface area contributed by atoms with Crippen LogP contribution in [0.5, 0.6) is 11.5 Å². The molecule has 138 valence electrons. The number of sulfone groups is 1. The summed E-state index contributed by atoms with van der Waals surface area (Å²) in [7, 11) is -1.34. The van der Waals surface area contributed by atoms with Crippen molar-refractivity contribution in [2.75, 3.05) is 30.4 Å². The summed E-state index contributed by atoms with van der Waals surface area (Å²) in [4.78, 5) is 13.8. The number of ether oxygens (including phenoxy) is 1. The fraction of sp³-hybridized carbons (Fsp3) is 0.316. The number of carbonyl (C=O) groups is 1. The van der Waals surface area contributed by atoms with Gasteiger partial charge in [0.05, 0.1) is 18.1 Å². The molecule has 2 aromatic rings. The standard InChI is InChI=1S/C19H22N2O4S/c1-21(16-11-12-26(23,24)14-16)19(22)13-20-15-7-9-18(10-8-15)25-17-5-3-2-4-6-17/h2-10,16,20H,11-14H2,1H3. The van der Waals surface area contributed by atoms with E-state index in [1.165, 1.54) is 4.90 Å². The third kappa shape index (κ3) is 4.76. The molecule has 1 fully saturated rings. The van der Waals surface area contributed by atoms with Crippen molar-refractivity contribution in [1.82, 2.24) is 4.90 Å². The molecule has 1 N–H and O–H groups in total. The Kier molecular flexibility index (Phi) is 5.46. The van der Waals surface area contributed by atoms with Gasteiger partial charge in [0, 0.05) is 18.8 Å². The van der Waals surface area contributed by atoms with Gasteiger partial charge in [0.2, 0.25) is 5.91 Å². The minimum atomic E-state index is -3.00. The van der Waals surface area contributed by atoms with Crippen molar-refractivity contribution in [2.24, 2.45) is 0 Å². The Bertz CT molecular complexity index is 851. The highest BCUT2D eigenvalue weighted by Gasteiger charge is 2.32. The molecular weight excluding hydrogens is 352 g/mol. The van der Waals surface area contributed by atoms with Crippen LogP contribution in [0.1, 0.15) is 6.42 Å². The normalized spacial score (nSPS) is 18.3. The van der Waals surface area contributed by atoms with Gasteiger partial charge in [0.15, 0.2) is 9.84 Å². The fourth-order valence-electron chi connectivity index (χ4n) is 2.85. The summed E-state index contributed by atoms with van der Waals surface area (Å²) in [5, 5.41) is 3.06. The summed E-state index contributed by atoms with van der Waals surface area (Å²) in [6.45, 7) is 0.117. The number of rotatable bonds is 6. The van der Waals surface area contributed by atoms with E-state index in [9.17, 15) is 13.2 Å². The van der Waals surface area contributed by atoms with Crippen LogP contribution >= 0.6 is 0 Å². The quantitative estimate of drug-likeness (QED) is 0.841. The maximum absolute atomic E-state index is 12.3. The minimum Gasteiger partial charge on any atom is -0.457 e. The van der Waals surface area contributed by atoms with Gasteiger partial charge in [-0.05, 0) is 42.8 Å². The second-order valence-electron chi connectivity index (χ2n) is 6.35. The highest BCUT2D eigenvalue weighted by molar-refractivity contribution is 7.91. The average molecular weight is 374 g/mol. The van der Waals surface area contributed by atoms with Crippen LogP contribution in [0.4, 0.5) is 5.69 Å². The van der Waals surface area contributed by atoms with Gasteiger partial charge in [0.1, 0.15) is 11.5 Å². The molecular formula is C19H22N2O4S. The van der Waals surface area contributed by atoms with E-state index < -0.39 is 9.84 Å². The molecule has 1 amide bonds. The van der Waals surface area contributed by atoms with Crippen molar-refractivity contribution < 1.29 is 17.9 Å². The van der Waals surface area contributed by atoms with E-state index in [4.69, 9.17) is 4.74 Å². The van der Waals surface area contributed by atoms with Crippen molar-refractivity contribution in [3.8, 4) is 11.5 Å². The SMILES string of the molecule is CN(C(=O)CNc1ccc(Oc2ccccc2)cc1)C1CCS(=O)(=O)C1. The van der Waals surface area contributed by atoms with E-state index >= 15 is 0 Å². The highest BCUT2D eigenvalue weighted by atomic mass is 32.2. The van der Waals surface area contributed by atoms with Crippen LogP contribution in [0.15, 0.2) is 54.6 Å². The first kappa shape index (κ1) is 18.3. The van der Waals surface area contributed by atoms with Crippen LogP contribution in [0.25, 0.3) is 0 Å². The van der Waals surface area contributed by atoms with Crippen molar-refractivity contribution in [3.05, 3.63) is 54.6 Å². The van der Waals surface area contributed by atoms with Gasteiger partial charge in [-0.1, -0.05) is 18.2 Å². The van der Waals surface area contributed by atoms with Gasteiger partial charge >= 0.3 is 0 Å². The molecule has 3 rings (SSSR count). The summed E-state index contributed by atoms with van der Waals surface area (Å²) in [6.07, 6.45) is 0.510. The number of carbonyl (C=O) groups excluding carboxylic acids is 1. The number of benzene rings is 2. The number of hydrogen-bond donors (Lipinski definition) is 1. The van der Waals surface area contributed by atoms with Crippen LogP contribution in [0.3, 0.4) is 0 Å². The summed E-state index contributed by atoms with van der Waals surface area (Å²) >= 11 is 0. The van der Waals surface area contributed by atoms with Crippen LogP contribution in [-0.4, -0.2) is 50.4 Å². The van der Waals surface area contributed by atoms with Crippen molar-refractivity contribution in [3.63, 3.8) is 0 Å². The van der Waals surface area contributed by atoms with Crippen LogP contribution in [0, 0.1) is 0 Å². The molecule has 1 heterocycles. The lowest BCUT2D eigenvalue weighted by atomic mass is 10.2. The van der Waals surface area contributed by atoms with Gasteiger partial charge in [-0.3, -0.25) is 4.79 Å². The van der Waals surface area contributed by atoms with E-state index in [1.807, 2.05) is 54.6 Å². The summed E-state index contributed by atoms with van der Waals surface area (Å²) in [5.41, 5.74) is 0.797. The van der Waals surface area contributed by atoms with E-state index in [-0.39, 0.29) is 30.0 Å². The van der Waals surface area contributed by atoms with Crippen molar-refractivity contribution >= 4 is 21.4 Å². The zero-order valence-corrected chi connectivity index (χ0v) is 15.4. The Morgan fingerprint density at radius 2 is 1.77 bits per heavy atom. The maximum atomic E-state index is 12.3. The first-order valence-electron chi connectivity index (χ1n) is 8.46. The number of amides is 1. The van der Waals surface area contributed by atoms with Crippen LogP contribution in [0.2, 0.25) is 0 Å². The molecule has 0 radical (unpaired) electrons. The Balaban J connectivity index is 1.50. The van der Waals surface area contributed by atoms with E-state index in [2.05, 4.69) is 5.32 Å². The molecule has 2 aromatic carbocycles. The number of hydrogen-bond acceptors (Lipinski definition) is 5. The lowest BCUT2D eigenvalue weighted by Gasteiger charge is -2.23. The topological polar surface area (TPSA) is 75.7 Å². The summed E-state index contributed by atoms with van der Waals surface area (Å²) in [5.74, 6) is 1.56. The molecule has 0 aliphatic carbocycles. The van der Waals surface area contributed by atoms with Gasteiger partial charge in [-0.2, -0.15) is 0 Å². The number of nitrogens with zero attached hydrogens (tertiary/aromatic N) is 1. The first-order chi connectivity index (χ1) is 12.4. The molecule has 26 heavy (non-hydrogen) atoms. The molecule has 1 atom stereocenters. The Hall–Kier alpha value is -2.54. The average Bonchev–Trinajstić information content (AvgIpc) is 3.01. The molecule has 0 bridgehead atoms. The van der Waals surface area contributed by atoms with E-state index in [0.717, 1.165) is 11.4 Å². The number of anilines is 1. The van der Waals surface area contributed by atoms with Gasteiger partial charge in [0.25, 0.3) is 0 Å². The van der Waals surface area contributed by atoms with E-state index in [1.54, 1.807) is 7.05 Å². The highest BCUT2D eigenvalue weighted by Crippen LogP contribution is 2.22. The lowest BCUT2D eigenvalue weighted by Crippen LogP contribution is -2.40. The molecule has 0 saturated carbocycles. The van der Waals surface area contributed by atoms with Crippen LogP contribution < -0.4 is 10.1 Å². The van der Waals surface area contributed by atoms with Crippen molar-refractivity contribution in [1.29, 1.82) is 0 Å². The number of likely N-dealkylation sites (N-methyl/N-ethyl adjacent to an activating group) is 1. The molecule has 0 aromatic heterocycles. The molecule has 1 aliphatic rings. The zero-order chi connectivity index (χ0) is 18.6. The predicted octanol–water partition coefficient (Wildman–Crippen LogP) is 2.54. The Morgan fingerprint density at radius 3 is 2.38 bits per heavy atom. The smallest absolute Gasteiger partial charge is 0.241 e. The predicted molar refractivity (Wildman–Crippen MR) is 101 cm³/mol. The Labute approximate surface area is 153 Å². The molecule has 1 aliphatic heterocycles. The monoisotopic (exact) mass is 374 g/mol. The maximum Gasteiger partial charge on any atom is 0.241 e. The van der Waals surface area contributed by atoms with Crippen LogP contribution in [-0.2, 0) is 14.6 Å². The molecule has 6 nitrogen and oxygen atoms in total. The first-order valence-corrected chi connectivity index (χ1v) is 10.3. The number of nitrogens with one attached hydrogen (secondary N) is 1. The van der Waals surface area contributed by atoms with Crippen molar-refractivity contribution in [2.45, 2.75) is 12.5 Å². The summed E-state index contributed by atoms with van der Waals surface area (Å²) in [6, 6.07) is 16.6. The minimum absolute atomic E-state index is 0.0563. The zero-order valence-electron chi connectivity index (χ0n) is 14.6. The van der Waals surface area contributed by atoms with Gasteiger partial charge in [-0.25, -0.2) is 8.42 Å². The largest absolute Gasteiger partial charge is 0.457 e. The third-order valence-corrected chi connectivity index (χ3v) is 6.18. The molecule has 0 spiro atoms. The Morgan fingerprint density at radius 1 is 1.12 bits per heavy atom. The fourth-order valence-corrected chi connectivity index (χ4v) is 4.63. The van der Waals surface area contributed by atoms with Gasteiger partial charge in [-0.15, -0.1) is 0 Å². The third-order valence-electron chi connectivity index (χ3n) is 4.43. The lowest BCUT2D eigenvalue weighted by molar-refractivity contribution is -0.129. The molecule has 1 saturated heterocycles. The second kappa shape index (κ2) is 7.78. The molecule has 1 unspecified atom stereocenters. The van der Waals surface area contributed by atoms with Gasteiger partial charge < -0.3 is 15.0 Å².